The monoisotopic (exact) mass is 1240 g/mol. The first-order valence-corrected chi connectivity index (χ1v) is 26.3. The van der Waals surface area contributed by atoms with E-state index in [1.165, 1.54) is 14.7 Å². The third-order valence-electron chi connectivity index (χ3n) is 11.0. The fraction of sp³-hybridized carbons (Fsp3) is 0.654. The smallest absolute Gasteiger partial charge is 0.344 e. The molecule has 488 valence electrons. The Morgan fingerprint density at radius 1 is 0.279 bits per heavy atom. The van der Waals surface area contributed by atoms with Gasteiger partial charge in [-0.05, 0) is 0 Å². The number of nitrogens with zero attached hydrogens (tertiary/aromatic N) is 3. The lowest BCUT2D eigenvalue weighted by molar-refractivity contribution is -0.184. The molecule has 6 N–H and O–H groups in total. The lowest BCUT2D eigenvalue weighted by Crippen LogP contribution is -2.48. The predicted molar refractivity (Wildman–Crippen MR) is 283 cm³/mol. The van der Waals surface area contributed by atoms with Crippen LogP contribution in [0.4, 0.5) is 0 Å². The molecule has 86 heavy (non-hydrogen) atoms. The molecule has 0 unspecified atom stereocenters. The van der Waals surface area contributed by atoms with Gasteiger partial charge in [0.05, 0.1) is 82.9 Å². The second kappa shape index (κ2) is 47.7. The maximum Gasteiger partial charge on any atom is 0.344 e. The zero-order valence-electron chi connectivity index (χ0n) is 47.7. The number of hydrogen-bond donors (Lipinski definition) is 6. The van der Waals surface area contributed by atoms with Gasteiger partial charge in [0, 0.05) is 77.1 Å². The van der Waals surface area contributed by atoms with Gasteiger partial charge >= 0.3 is 71.6 Å². The van der Waals surface area contributed by atoms with Crippen molar-refractivity contribution in [3.8, 4) is 0 Å². The van der Waals surface area contributed by atoms with Crippen molar-refractivity contribution in [2.24, 2.45) is 10.8 Å². The van der Waals surface area contributed by atoms with Gasteiger partial charge in [-0.25, -0.2) is 43.2 Å². The van der Waals surface area contributed by atoms with Gasteiger partial charge in [0.2, 0.25) is 0 Å². The minimum Gasteiger partial charge on any atom is -0.462 e. The number of ether oxygens (including phenoxy) is 13. The lowest BCUT2D eigenvalue weighted by Gasteiger charge is -2.35. The number of aliphatic hydroxyl groups is 6. The molecule has 34 nitrogen and oxygen atoms in total. The lowest BCUT2D eigenvalue weighted by atomic mass is 9.90. The molecule has 0 aliphatic carbocycles. The van der Waals surface area contributed by atoms with Crippen LogP contribution in [0.2, 0.25) is 0 Å². The van der Waals surface area contributed by atoms with Crippen LogP contribution in [0.15, 0.2) is 38.0 Å². The summed E-state index contributed by atoms with van der Waals surface area (Å²) in [7, 11) is 0. The first-order valence-electron chi connectivity index (χ1n) is 26.3. The molecule has 0 saturated heterocycles. The van der Waals surface area contributed by atoms with E-state index in [2.05, 4.69) is 19.7 Å². The molecule has 34 heteroatoms. The molecule has 0 amide bonds. The van der Waals surface area contributed by atoms with E-state index in [0.717, 1.165) is 18.2 Å². The van der Waals surface area contributed by atoms with Gasteiger partial charge in [0.25, 0.3) is 0 Å². The summed E-state index contributed by atoms with van der Waals surface area (Å²) in [4.78, 5) is 156. The molecule has 0 aromatic carbocycles. The topological polar surface area (TPSA) is 456 Å². The van der Waals surface area contributed by atoms with Gasteiger partial charge < -0.3 is 92.2 Å². The highest BCUT2D eigenvalue weighted by molar-refractivity contribution is 5.85. The van der Waals surface area contributed by atoms with Crippen LogP contribution in [0.3, 0.4) is 0 Å². The van der Waals surface area contributed by atoms with Crippen LogP contribution in [0, 0.1) is 10.8 Å². The van der Waals surface area contributed by atoms with Crippen molar-refractivity contribution in [1.82, 2.24) is 14.7 Å². The van der Waals surface area contributed by atoms with Crippen LogP contribution in [0.1, 0.15) is 19.3 Å². The predicted octanol–water partition coefficient (Wildman–Crippen LogP) is -5.92. The number of carbonyl (C=O) groups is 12. The fourth-order valence-corrected chi connectivity index (χ4v) is 6.44. The molecule has 0 bridgehead atoms. The molecular weight excluding hydrogens is 1160 g/mol. The molecular formula is C52H79N3O31. The molecule has 0 saturated carbocycles. The van der Waals surface area contributed by atoms with E-state index < -0.39 is 175 Å². The Bertz CT molecular complexity index is 1910. The molecule has 0 aromatic heterocycles. The average Bonchev–Trinajstić information content (AvgIpc) is 3.37. The van der Waals surface area contributed by atoms with Gasteiger partial charge in [-0.3, -0.25) is 29.1 Å². The van der Waals surface area contributed by atoms with Crippen molar-refractivity contribution in [1.29, 1.82) is 0 Å². The molecule has 0 atom stereocenters. The van der Waals surface area contributed by atoms with E-state index in [1.54, 1.807) is 0 Å². The van der Waals surface area contributed by atoms with Crippen molar-refractivity contribution in [2.45, 2.75) is 19.3 Å². The fourth-order valence-electron chi connectivity index (χ4n) is 6.44. The molecule has 0 spiro atoms. The highest BCUT2D eigenvalue weighted by Crippen LogP contribution is 2.26. The third-order valence-corrected chi connectivity index (χ3v) is 11.0. The standard InChI is InChI=1S/C52H79N3O31/c1-4-39(62)75-25-45(68)81-33-51(34-82-46(69)26-76-40(63)5-2,35-83-47(70)27-77-41(64)6-3)31-74-32-52(36-84-48(71)28-78-42(65)7-10-53(13-19-56)14-20-57,37-85-49(72)29-79-43(66)8-11-54(15-21-58)16-22-59)38-86-50(73)30-80-44(67)9-12-55(17-23-60)18-24-61/h4-6,56-61H,1-3,7-38H2. The highest BCUT2D eigenvalue weighted by Gasteiger charge is 2.41. The molecule has 0 aromatic rings. The van der Waals surface area contributed by atoms with Gasteiger partial charge in [-0.15, -0.1) is 0 Å². The molecule has 0 radical (unpaired) electrons. The van der Waals surface area contributed by atoms with E-state index in [1.807, 2.05) is 0 Å². The van der Waals surface area contributed by atoms with Crippen LogP contribution in [0.5, 0.6) is 0 Å². The van der Waals surface area contributed by atoms with Crippen LogP contribution < -0.4 is 0 Å². The van der Waals surface area contributed by atoms with Gasteiger partial charge in [0.1, 0.15) is 39.6 Å². The highest BCUT2D eigenvalue weighted by atomic mass is 16.6. The van der Waals surface area contributed by atoms with Crippen LogP contribution >= 0.6 is 0 Å². The zero-order chi connectivity index (χ0) is 64.6. The average molecular weight is 1240 g/mol. The summed E-state index contributed by atoms with van der Waals surface area (Å²) < 4.78 is 67.5. The summed E-state index contributed by atoms with van der Waals surface area (Å²) >= 11 is 0. The summed E-state index contributed by atoms with van der Waals surface area (Å²) in [5.74, 6) is -13.7. The molecule has 0 aliphatic rings. The number of esters is 12. The summed E-state index contributed by atoms with van der Waals surface area (Å²) in [5, 5.41) is 55.9. The van der Waals surface area contributed by atoms with Gasteiger partial charge in [0.15, 0.2) is 39.6 Å². The second-order valence-electron chi connectivity index (χ2n) is 18.0. The van der Waals surface area contributed by atoms with Crippen LogP contribution in [-0.4, -0.2) is 308 Å². The van der Waals surface area contributed by atoms with Crippen molar-refractivity contribution >= 4 is 71.6 Å². The van der Waals surface area contributed by atoms with E-state index in [0.29, 0.717) is 0 Å². The Morgan fingerprint density at radius 3 is 0.663 bits per heavy atom. The maximum absolute atomic E-state index is 13.3. The minimum absolute atomic E-state index is 0.0120. The summed E-state index contributed by atoms with van der Waals surface area (Å²) in [5.41, 5.74) is -4.30. The second-order valence-corrected chi connectivity index (χ2v) is 18.0. The largest absolute Gasteiger partial charge is 0.462 e. The first-order chi connectivity index (χ1) is 41.1. The number of carbonyl (C=O) groups excluding carboxylic acids is 12. The zero-order valence-corrected chi connectivity index (χ0v) is 47.7. The van der Waals surface area contributed by atoms with Crippen molar-refractivity contribution in [2.75, 3.05) is 191 Å². The summed E-state index contributed by atoms with van der Waals surface area (Å²) in [6.45, 7) is -6.00. The van der Waals surface area contributed by atoms with E-state index >= 15 is 0 Å². The Hall–Kier alpha value is -7.54. The first kappa shape index (κ1) is 78.5. The quantitative estimate of drug-likeness (QED) is 0.0188. The summed E-state index contributed by atoms with van der Waals surface area (Å²) in [6.07, 6.45) is 1.16. The Kier molecular flexibility index (Phi) is 43.5. The molecule has 0 rings (SSSR count). The van der Waals surface area contributed by atoms with Crippen molar-refractivity contribution in [3.63, 3.8) is 0 Å². The minimum atomic E-state index is -2.18. The normalized spacial score (nSPS) is 11.1. The van der Waals surface area contributed by atoms with E-state index in [9.17, 15) is 88.2 Å². The SMILES string of the molecule is C=CC(=O)OCC(=O)OCC(COCC(COC(=O)COC(=O)CCN(CCO)CCO)(COC(=O)COC(=O)CCN(CCO)CCO)COC(=O)COC(=O)CCN(CCO)CCO)(COC(=O)COC(=O)C=C)COC(=O)COC(=O)C=C. The molecule has 0 heterocycles. The maximum atomic E-state index is 13.3. The van der Waals surface area contributed by atoms with Gasteiger partial charge in [-0.2, -0.15) is 0 Å². The number of aliphatic hydroxyl groups excluding tert-OH is 6. The van der Waals surface area contributed by atoms with E-state index in [-0.39, 0.29) is 118 Å². The third kappa shape index (κ3) is 39.1. The van der Waals surface area contributed by atoms with Crippen molar-refractivity contribution < 1.29 is 150 Å². The van der Waals surface area contributed by atoms with E-state index in [4.69, 9.17) is 61.6 Å². The number of rotatable bonds is 52. The Morgan fingerprint density at radius 2 is 0.477 bits per heavy atom. The molecule has 0 aliphatic heterocycles. The van der Waals surface area contributed by atoms with Crippen LogP contribution in [0.25, 0.3) is 0 Å². The van der Waals surface area contributed by atoms with Crippen LogP contribution in [-0.2, 0) is 119 Å². The van der Waals surface area contributed by atoms with Crippen molar-refractivity contribution in [3.05, 3.63) is 38.0 Å². The number of hydrogen-bond acceptors (Lipinski definition) is 34. The Balaban J connectivity index is 7.51. The molecule has 0 fully saturated rings. The summed E-state index contributed by atoms with van der Waals surface area (Å²) in [6, 6.07) is 0. The Labute approximate surface area is 494 Å². The van der Waals surface area contributed by atoms with Gasteiger partial charge in [-0.1, -0.05) is 19.7 Å².